The van der Waals surface area contributed by atoms with E-state index in [9.17, 15) is 25.5 Å². The molecule has 44 heavy (non-hydrogen) atoms. The van der Waals surface area contributed by atoms with E-state index < -0.39 is 0 Å². The summed E-state index contributed by atoms with van der Waals surface area (Å²) >= 11 is 0. The maximum absolute atomic E-state index is 11.4. The fourth-order valence-electron chi connectivity index (χ4n) is 6.66. The van der Waals surface area contributed by atoms with Crippen molar-refractivity contribution in [3.63, 3.8) is 0 Å². The predicted octanol–water partition coefficient (Wildman–Crippen LogP) is 7.56. The molecule has 0 heterocycles. The Morgan fingerprint density at radius 3 is 2.07 bits per heavy atom. The van der Waals surface area contributed by atoms with Crippen molar-refractivity contribution >= 4 is 21.5 Å². The molecule has 220 valence electrons. The van der Waals surface area contributed by atoms with Crippen LogP contribution in [0.4, 0.5) is 0 Å². The van der Waals surface area contributed by atoms with Gasteiger partial charge in [0.2, 0.25) is 0 Å². The maximum atomic E-state index is 11.4. The van der Waals surface area contributed by atoms with E-state index in [-0.39, 0.29) is 28.7 Å². The molecule has 0 amide bonds. The zero-order chi connectivity index (χ0) is 30.7. The Kier molecular flexibility index (Phi) is 6.39. The number of fused-ring (bicyclic) bond motifs is 6. The predicted molar refractivity (Wildman–Crippen MR) is 170 cm³/mol. The normalized spacial score (nSPS) is 12.2. The molecule has 6 aromatic carbocycles. The van der Waals surface area contributed by atoms with Gasteiger partial charge in [0.25, 0.3) is 0 Å². The molecular formula is C37H30O7. The third kappa shape index (κ3) is 4.28. The third-order valence-corrected chi connectivity index (χ3v) is 8.69. The van der Waals surface area contributed by atoms with Gasteiger partial charge in [-0.2, -0.15) is 0 Å². The van der Waals surface area contributed by atoms with E-state index in [1.165, 1.54) is 0 Å². The molecule has 0 aliphatic heterocycles. The summed E-state index contributed by atoms with van der Waals surface area (Å²) < 4.78 is 11.5. The lowest BCUT2D eigenvalue weighted by molar-refractivity contribution is 0.408. The van der Waals surface area contributed by atoms with Gasteiger partial charge in [0.15, 0.2) is 0 Å². The summed E-state index contributed by atoms with van der Waals surface area (Å²) in [6.07, 6.45) is 1.62. The molecule has 7 rings (SSSR count). The summed E-state index contributed by atoms with van der Waals surface area (Å²) in [5.74, 6) is 1.43. The number of hydrogen-bond donors (Lipinski definition) is 5. The summed E-state index contributed by atoms with van der Waals surface area (Å²) in [4.78, 5) is 0. The minimum atomic E-state index is -0.0182. The van der Waals surface area contributed by atoms with Gasteiger partial charge in [-0.05, 0) is 87.7 Å². The Bertz CT molecular complexity index is 2110. The lowest BCUT2D eigenvalue weighted by Crippen LogP contribution is -2.08. The average Bonchev–Trinajstić information content (AvgIpc) is 3.02. The Morgan fingerprint density at radius 2 is 1.32 bits per heavy atom. The lowest BCUT2D eigenvalue weighted by Gasteiger charge is -2.26. The Labute approximate surface area is 253 Å². The van der Waals surface area contributed by atoms with Gasteiger partial charge in [-0.25, -0.2) is 0 Å². The van der Waals surface area contributed by atoms with Crippen LogP contribution in [0.2, 0.25) is 0 Å². The number of phenolic OH excluding ortho intramolecular Hbond substituents is 5. The van der Waals surface area contributed by atoms with Crippen LogP contribution in [0.5, 0.6) is 40.2 Å². The average molecular weight is 587 g/mol. The smallest absolute Gasteiger partial charge is 0.131 e. The molecule has 0 fully saturated rings. The number of hydrogen-bond acceptors (Lipinski definition) is 7. The van der Waals surface area contributed by atoms with Crippen LogP contribution in [0.15, 0.2) is 78.9 Å². The first kappa shape index (κ1) is 27.3. The van der Waals surface area contributed by atoms with Gasteiger partial charge >= 0.3 is 0 Å². The highest BCUT2D eigenvalue weighted by molar-refractivity contribution is 6.14. The summed E-state index contributed by atoms with van der Waals surface area (Å²) in [5.41, 5.74) is 6.13. The Balaban J connectivity index is 1.50. The van der Waals surface area contributed by atoms with E-state index in [1.54, 1.807) is 56.7 Å². The zero-order valence-corrected chi connectivity index (χ0v) is 24.2. The molecule has 7 nitrogen and oxygen atoms in total. The van der Waals surface area contributed by atoms with Crippen molar-refractivity contribution in [2.75, 3.05) is 14.2 Å². The highest BCUT2D eigenvalue weighted by atomic mass is 16.5. The SMILES string of the molecule is COc1cc(O)c(-c2cc3c(ccc4c(Cc5ccc(O)cc5)c(O)cc(OC)c43)cc2O)c2c1-c1ccc(O)cc1CC2. The zero-order valence-electron chi connectivity index (χ0n) is 24.2. The number of aryl methyl sites for hydroxylation is 1. The molecule has 0 atom stereocenters. The van der Waals surface area contributed by atoms with E-state index in [0.29, 0.717) is 47.5 Å². The minimum absolute atomic E-state index is 0.0121. The Hall–Kier alpha value is -5.56. The molecule has 0 unspecified atom stereocenters. The van der Waals surface area contributed by atoms with Crippen LogP contribution >= 0.6 is 0 Å². The first-order valence-corrected chi connectivity index (χ1v) is 14.3. The van der Waals surface area contributed by atoms with Gasteiger partial charge < -0.3 is 35.0 Å². The van der Waals surface area contributed by atoms with Crippen LogP contribution in [-0.2, 0) is 19.3 Å². The van der Waals surface area contributed by atoms with E-state index in [4.69, 9.17) is 9.47 Å². The minimum Gasteiger partial charge on any atom is -0.508 e. The molecule has 0 saturated carbocycles. The van der Waals surface area contributed by atoms with Gasteiger partial charge in [0, 0.05) is 46.2 Å². The second-order valence-electron chi connectivity index (χ2n) is 11.2. The van der Waals surface area contributed by atoms with Crippen LogP contribution in [0.1, 0.15) is 22.3 Å². The van der Waals surface area contributed by atoms with Gasteiger partial charge in [0.05, 0.1) is 14.2 Å². The topological polar surface area (TPSA) is 120 Å². The third-order valence-electron chi connectivity index (χ3n) is 8.69. The van der Waals surface area contributed by atoms with Crippen molar-refractivity contribution in [1.82, 2.24) is 0 Å². The highest BCUT2D eigenvalue weighted by Gasteiger charge is 2.28. The second kappa shape index (κ2) is 10.3. The highest BCUT2D eigenvalue weighted by Crippen LogP contribution is 2.52. The number of rotatable bonds is 5. The molecular weight excluding hydrogens is 556 g/mol. The summed E-state index contributed by atoms with van der Waals surface area (Å²) in [6.45, 7) is 0. The molecule has 6 aromatic rings. The van der Waals surface area contributed by atoms with Crippen molar-refractivity contribution in [1.29, 1.82) is 0 Å². The van der Waals surface area contributed by atoms with E-state index in [1.807, 2.05) is 36.4 Å². The van der Waals surface area contributed by atoms with Crippen molar-refractivity contribution in [3.05, 3.63) is 101 Å². The van der Waals surface area contributed by atoms with E-state index >= 15 is 0 Å². The Morgan fingerprint density at radius 1 is 0.591 bits per heavy atom. The number of ether oxygens (including phenoxy) is 2. The molecule has 1 aliphatic carbocycles. The summed E-state index contributed by atoms with van der Waals surface area (Å²) in [7, 11) is 3.11. The molecule has 0 spiro atoms. The van der Waals surface area contributed by atoms with Crippen LogP contribution in [0, 0.1) is 0 Å². The molecule has 0 bridgehead atoms. The number of methoxy groups -OCH3 is 2. The van der Waals surface area contributed by atoms with Crippen molar-refractivity contribution < 1.29 is 35.0 Å². The second-order valence-corrected chi connectivity index (χ2v) is 11.2. The van der Waals surface area contributed by atoms with Crippen LogP contribution in [-0.4, -0.2) is 39.8 Å². The molecule has 0 saturated heterocycles. The summed E-state index contributed by atoms with van der Waals surface area (Å²) in [5, 5.41) is 56.8. The monoisotopic (exact) mass is 586 g/mol. The fourth-order valence-corrected chi connectivity index (χ4v) is 6.66. The van der Waals surface area contributed by atoms with Gasteiger partial charge in [-0.15, -0.1) is 0 Å². The molecule has 7 heteroatoms. The van der Waals surface area contributed by atoms with Crippen LogP contribution in [0.3, 0.4) is 0 Å². The van der Waals surface area contributed by atoms with Crippen LogP contribution in [0.25, 0.3) is 43.8 Å². The van der Waals surface area contributed by atoms with Gasteiger partial charge in [-0.3, -0.25) is 0 Å². The quantitative estimate of drug-likeness (QED) is 0.132. The fraction of sp³-hybridized carbons (Fsp3) is 0.135. The van der Waals surface area contributed by atoms with Crippen molar-refractivity contribution in [2.24, 2.45) is 0 Å². The largest absolute Gasteiger partial charge is 0.508 e. The van der Waals surface area contributed by atoms with E-state index in [0.717, 1.165) is 49.4 Å². The van der Waals surface area contributed by atoms with Crippen LogP contribution < -0.4 is 9.47 Å². The first-order valence-electron chi connectivity index (χ1n) is 14.3. The molecule has 0 aromatic heterocycles. The number of benzene rings is 6. The van der Waals surface area contributed by atoms with E-state index in [2.05, 4.69) is 0 Å². The molecule has 0 radical (unpaired) electrons. The lowest BCUT2D eigenvalue weighted by atomic mass is 9.80. The van der Waals surface area contributed by atoms with Gasteiger partial charge in [0.1, 0.15) is 40.2 Å². The molecule has 1 aliphatic rings. The van der Waals surface area contributed by atoms with Gasteiger partial charge in [-0.1, -0.05) is 30.3 Å². The molecule has 5 N–H and O–H groups in total. The first-order chi connectivity index (χ1) is 21.3. The van der Waals surface area contributed by atoms with Crippen molar-refractivity contribution in [3.8, 4) is 62.5 Å². The van der Waals surface area contributed by atoms with Crippen molar-refractivity contribution in [2.45, 2.75) is 19.3 Å². The summed E-state index contributed by atoms with van der Waals surface area (Å²) in [6, 6.07) is 22.6. The number of aromatic hydroxyl groups is 5. The maximum Gasteiger partial charge on any atom is 0.131 e. The standard InChI is InChI=1S/C37H30O7/c1-43-33-17-31(41)28(13-19-3-7-22(38)8-4-19)25-10-5-21-15-30(40)29(16-27(21)37(25)33)35-26-11-6-20-14-23(39)9-12-24(20)36(26)34(44-2)18-32(35)42/h3-5,7-10,12,14-18,38-42H,6,11,13H2,1-2H3. The number of phenols is 5.